The van der Waals surface area contributed by atoms with Gasteiger partial charge in [-0.3, -0.25) is 10.1 Å². The molecule has 0 fully saturated rings. The molecule has 0 radical (unpaired) electrons. The molecule has 0 aliphatic heterocycles. The van der Waals surface area contributed by atoms with Gasteiger partial charge in [0.05, 0.1) is 5.56 Å². The van der Waals surface area contributed by atoms with E-state index in [2.05, 4.69) is 41.4 Å². The third-order valence-electron chi connectivity index (χ3n) is 1.64. The number of H-pyrrole nitrogens is 1. The fraction of sp³-hybridized carbons (Fsp3) is 0. The number of carbonyl (C=O) groups is 1. The third-order valence-corrected chi connectivity index (χ3v) is 2.11. The van der Waals surface area contributed by atoms with Gasteiger partial charge in [-0.15, -0.1) is 0 Å². The van der Waals surface area contributed by atoms with Gasteiger partial charge >= 0.3 is 0 Å². The first kappa shape index (κ1) is 9.78. The lowest BCUT2D eigenvalue weighted by Crippen LogP contribution is -2.13. The Labute approximate surface area is 93.3 Å². The van der Waals surface area contributed by atoms with Gasteiger partial charge in [-0.25, -0.2) is 10.1 Å². The minimum absolute atomic E-state index is 0.285. The average Bonchev–Trinajstić information content (AvgIpc) is 2.71. The molecule has 0 unspecified atom stereocenters. The van der Waals surface area contributed by atoms with Crippen molar-refractivity contribution in [3.8, 4) is 0 Å². The summed E-state index contributed by atoms with van der Waals surface area (Å²) in [6, 6.07) is 3.35. The second kappa shape index (κ2) is 4.18. The van der Waals surface area contributed by atoms with Crippen molar-refractivity contribution in [3.05, 3.63) is 34.8 Å². The van der Waals surface area contributed by atoms with Crippen LogP contribution >= 0.6 is 15.9 Å². The van der Waals surface area contributed by atoms with Crippen molar-refractivity contribution in [3.63, 3.8) is 0 Å². The second-order valence-corrected chi connectivity index (χ2v) is 3.47. The first-order valence-corrected chi connectivity index (χ1v) is 4.83. The SMILES string of the molecule is O=C(Nc1ncn[nH]1)c1ccc(Br)nc1. The van der Waals surface area contributed by atoms with Crippen molar-refractivity contribution in [1.29, 1.82) is 0 Å². The van der Waals surface area contributed by atoms with Gasteiger partial charge in [0, 0.05) is 6.20 Å². The predicted molar refractivity (Wildman–Crippen MR) is 56.3 cm³/mol. The molecule has 1 amide bonds. The van der Waals surface area contributed by atoms with E-state index in [-0.39, 0.29) is 5.91 Å². The summed E-state index contributed by atoms with van der Waals surface area (Å²) >= 11 is 3.18. The molecule has 2 rings (SSSR count). The summed E-state index contributed by atoms with van der Waals surface area (Å²) in [7, 11) is 0. The largest absolute Gasteiger partial charge is 0.291 e. The van der Waals surface area contributed by atoms with Crippen LogP contribution in [0.4, 0.5) is 5.95 Å². The fourth-order valence-electron chi connectivity index (χ4n) is 0.956. The molecule has 15 heavy (non-hydrogen) atoms. The number of aromatic amines is 1. The van der Waals surface area contributed by atoms with Gasteiger partial charge in [0.2, 0.25) is 5.95 Å². The van der Waals surface area contributed by atoms with E-state index in [0.29, 0.717) is 16.1 Å². The molecule has 0 aliphatic rings. The monoisotopic (exact) mass is 267 g/mol. The van der Waals surface area contributed by atoms with E-state index in [1.54, 1.807) is 12.1 Å². The Kier molecular flexibility index (Phi) is 2.72. The Morgan fingerprint density at radius 1 is 1.40 bits per heavy atom. The number of hydrogen-bond acceptors (Lipinski definition) is 4. The molecule has 0 atom stereocenters. The Morgan fingerprint density at radius 2 is 2.27 bits per heavy atom. The fourth-order valence-corrected chi connectivity index (χ4v) is 1.19. The van der Waals surface area contributed by atoms with Gasteiger partial charge in [-0.1, -0.05) is 0 Å². The van der Waals surface area contributed by atoms with Crippen LogP contribution in [0.3, 0.4) is 0 Å². The first-order valence-electron chi connectivity index (χ1n) is 4.04. The van der Waals surface area contributed by atoms with Gasteiger partial charge in [0.1, 0.15) is 10.9 Å². The zero-order valence-electron chi connectivity index (χ0n) is 7.44. The smallest absolute Gasteiger partial charge is 0.259 e. The highest BCUT2D eigenvalue weighted by Gasteiger charge is 2.07. The summed E-state index contributed by atoms with van der Waals surface area (Å²) in [4.78, 5) is 19.3. The van der Waals surface area contributed by atoms with Gasteiger partial charge in [0.15, 0.2) is 0 Å². The highest BCUT2D eigenvalue weighted by molar-refractivity contribution is 9.10. The summed E-state index contributed by atoms with van der Waals surface area (Å²) < 4.78 is 0.679. The molecule has 2 aromatic rings. The molecule has 0 spiro atoms. The number of pyridine rings is 1. The quantitative estimate of drug-likeness (QED) is 0.802. The van der Waals surface area contributed by atoms with Gasteiger partial charge in [-0.05, 0) is 28.1 Å². The number of nitrogens with one attached hydrogen (secondary N) is 2. The van der Waals surface area contributed by atoms with Crippen LogP contribution in [-0.2, 0) is 0 Å². The van der Waals surface area contributed by atoms with Crippen LogP contribution in [0, 0.1) is 0 Å². The zero-order valence-corrected chi connectivity index (χ0v) is 9.02. The van der Waals surface area contributed by atoms with Crippen molar-refractivity contribution < 1.29 is 4.79 Å². The third kappa shape index (κ3) is 2.38. The summed E-state index contributed by atoms with van der Waals surface area (Å²) in [6.45, 7) is 0. The Bertz CT molecular complexity index is 452. The van der Waals surface area contributed by atoms with Gasteiger partial charge in [0.25, 0.3) is 5.91 Å². The summed E-state index contributed by atoms with van der Waals surface area (Å²) in [5, 5.41) is 8.67. The van der Waals surface area contributed by atoms with Crippen LogP contribution < -0.4 is 5.32 Å². The van der Waals surface area contributed by atoms with Crippen molar-refractivity contribution in [1.82, 2.24) is 20.2 Å². The minimum Gasteiger partial charge on any atom is -0.291 e. The van der Waals surface area contributed by atoms with E-state index < -0.39 is 0 Å². The van der Waals surface area contributed by atoms with Crippen molar-refractivity contribution in [2.45, 2.75) is 0 Å². The van der Waals surface area contributed by atoms with E-state index in [1.807, 2.05) is 0 Å². The van der Waals surface area contributed by atoms with Crippen LogP contribution in [0.15, 0.2) is 29.3 Å². The highest BCUT2D eigenvalue weighted by atomic mass is 79.9. The summed E-state index contributed by atoms with van der Waals surface area (Å²) in [5.41, 5.74) is 0.453. The summed E-state index contributed by atoms with van der Waals surface area (Å²) in [6.07, 6.45) is 2.78. The van der Waals surface area contributed by atoms with Crippen molar-refractivity contribution in [2.75, 3.05) is 5.32 Å². The van der Waals surface area contributed by atoms with Gasteiger partial charge in [-0.2, -0.15) is 10.1 Å². The Hall–Kier alpha value is -1.76. The standard InChI is InChI=1S/C8H6BrN5O/c9-6-2-1-5(3-10-6)7(15)13-8-11-4-12-14-8/h1-4H,(H2,11,12,13,14,15). The van der Waals surface area contributed by atoms with E-state index in [4.69, 9.17) is 0 Å². The molecule has 0 aliphatic carbocycles. The molecule has 76 valence electrons. The zero-order chi connectivity index (χ0) is 10.7. The Balaban J connectivity index is 2.11. The normalized spacial score (nSPS) is 9.93. The maximum Gasteiger partial charge on any atom is 0.259 e. The Morgan fingerprint density at radius 3 is 2.87 bits per heavy atom. The predicted octanol–water partition coefficient (Wildman–Crippen LogP) is 1.21. The van der Waals surface area contributed by atoms with Crippen LogP contribution in [0.25, 0.3) is 0 Å². The number of aromatic nitrogens is 4. The summed E-state index contributed by atoms with van der Waals surface area (Å²) in [5.74, 6) is 0.0228. The van der Waals surface area contributed by atoms with Crippen molar-refractivity contribution >= 4 is 27.8 Å². The van der Waals surface area contributed by atoms with E-state index in [9.17, 15) is 4.79 Å². The number of rotatable bonds is 2. The molecular weight excluding hydrogens is 262 g/mol. The first-order chi connectivity index (χ1) is 7.25. The molecule has 6 nitrogen and oxygen atoms in total. The van der Waals surface area contributed by atoms with E-state index in [1.165, 1.54) is 12.5 Å². The average molecular weight is 268 g/mol. The minimum atomic E-state index is -0.285. The van der Waals surface area contributed by atoms with E-state index in [0.717, 1.165) is 0 Å². The van der Waals surface area contributed by atoms with Gasteiger partial charge < -0.3 is 0 Å². The van der Waals surface area contributed by atoms with E-state index >= 15 is 0 Å². The van der Waals surface area contributed by atoms with Crippen LogP contribution in [0.1, 0.15) is 10.4 Å². The molecule has 2 N–H and O–H groups in total. The molecule has 2 heterocycles. The lowest BCUT2D eigenvalue weighted by molar-refractivity contribution is 0.102. The van der Waals surface area contributed by atoms with Crippen LogP contribution in [0.2, 0.25) is 0 Å². The second-order valence-electron chi connectivity index (χ2n) is 2.66. The molecule has 0 saturated carbocycles. The number of carbonyl (C=O) groups excluding carboxylic acids is 1. The molecule has 0 saturated heterocycles. The lowest BCUT2D eigenvalue weighted by Gasteiger charge is -2.00. The molecule has 7 heteroatoms. The molecular formula is C8H6BrN5O. The topological polar surface area (TPSA) is 83.6 Å². The lowest BCUT2D eigenvalue weighted by atomic mass is 10.3. The number of nitrogens with zero attached hydrogens (tertiary/aromatic N) is 3. The highest BCUT2D eigenvalue weighted by Crippen LogP contribution is 2.07. The molecule has 0 aromatic carbocycles. The maximum atomic E-state index is 11.6. The van der Waals surface area contributed by atoms with Crippen LogP contribution in [-0.4, -0.2) is 26.1 Å². The number of amides is 1. The molecule has 0 bridgehead atoms. The maximum absolute atomic E-state index is 11.6. The number of halogens is 1. The molecule has 2 aromatic heterocycles. The van der Waals surface area contributed by atoms with Crippen molar-refractivity contribution in [2.24, 2.45) is 0 Å². The van der Waals surface area contributed by atoms with Crippen LogP contribution in [0.5, 0.6) is 0 Å². The number of hydrogen-bond donors (Lipinski definition) is 2. The number of anilines is 1.